The molecule has 0 radical (unpaired) electrons. The lowest BCUT2D eigenvalue weighted by Gasteiger charge is -2.36. The average Bonchev–Trinajstić information content (AvgIpc) is 2.62. The summed E-state index contributed by atoms with van der Waals surface area (Å²) in [7, 11) is -1.53. The fraction of sp³-hybridized carbons (Fsp3) is 0.412. The van der Waals surface area contributed by atoms with Gasteiger partial charge < -0.3 is 4.90 Å². The molecule has 2 aromatic heterocycles. The normalized spacial score (nSPS) is 16.3. The molecule has 1 saturated heterocycles. The van der Waals surface area contributed by atoms with Gasteiger partial charge in [0.15, 0.2) is 0 Å². The van der Waals surface area contributed by atoms with Gasteiger partial charge in [0.1, 0.15) is 5.82 Å². The summed E-state index contributed by atoms with van der Waals surface area (Å²) >= 11 is 12.2. The first kappa shape index (κ1) is 19.4. The second-order valence-corrected chi connectivity index (χ2v) is 9.27. The number of nitrogens with zero attached hydrogens (tertiary/aromatic N) is 4. The topological polar surface area (TPSA) is 66.4 Å². The van der Waals surface area contributed by atoms with Gasteiger partial charge in [-0.1, -0.05) is 23.2 Å². The Morgan fingerprint density at radius 2 is 1.85 bits per heavy atom. The van der Waals surface area contributed by atoms with Crippen LogP contribution in [0.5, 0.6) is 0 Å². The van der Waals surface area contributed by atoms with Gasteiger partial charge in [-0.2, -0.15) is 0 Å². The molecule has 1 fully saturated rings. The van der Waals surface area contributed by atoms with E-state index in [1.165, 1.54) is 10.6 Å². The third-order valence-corrected chi connectivity index (χ3v) is 6.54. The predicted octanol–water partition coefficient (Wildman–Crippen LogP) is 3.31. The first-order valence-corrected chi connectivity index (χ1v) is 10.8. The van der Waals surface area contributed by atoms with Crippen molar-refractivity contribution < 1.29 is 8.42 Å². The van der Waals surface area contributed by atoms with E-state index in [9.17, 15) is 8.42 Å². The van der Waals surface area contributed by atoms with Crippen molar-refractivity contribution in [1.29, 1.82) is 0 Å². The molecule has 140 valence electrons. The van der Waals surface area contributed by atoms with Crippen LogP contribution < -0.4 is 4.90 Å². The molecular formula is C17H20Cl2N4O2S. The maximum Gasteiger partial charge on any atom is 0.211 e. The SMILES string of the molecule is CN(C1CCN(c2cc(-c3ccc(Cl)cn3)c(Cl)cn2)CC1)S(C)(=O)=O. The maximum atomic E-state index is 11.7. The molecule has 0 saturated carbocycles. The highest BCUT2D eigenvalue weighted by Gasteiger charge is 2.27. The Morgan fingerprint density at radius 1 is 1.15 bits per heavy atom. The number of anilines is 1. The Labute approximate surface area is 163 Å². The Kier molecular flexibility index (Phi) is 5.72. The van der Waals surface area contributed by atoms with Gasteiger partial charge >= 0.3 is 0 Å². The van der Waals surface area contributed by atoms with Crippen molar-refractivity contribution in [2.75, 3.05) is 31.3 Å². The molecule has 0 atom stereocenters. The summed E-state index contributed by atoms with van der Waals surface area (Å²) in [6, 6.07) is 5.53. The fourth-order valence-electron chi connectivity index (χ4n) is 3.06. The Hall–Kier alpha value is -1.41. The minimum atomic E-state index is -3.17. The summed E-state index contributed by atoms with van der Waals surface area (Å²) in [5, 5.41) is 1.09. The van der Waals surface area contributed by atoms with Crippen LogP contribution in [0.1, 0.15) is 12.8 Å². The highest BCUT2D eigenvalue weighted by atomic mass is 35.5. The van der Waals surface area contributed by atoms with Crippen LogP contribution >= 0.6 is 23.2 Å². The highest BCUT2D eigenvalue weighted by Crippen LogP contribution is 2.31. The van der Waals surface area contributed by atoms with Crippen LogP contribution in [0.15, 0.2) is 30.6 Å². The fourth-order valence-corrected chi connectivity index (χ4v) is 4.13. The van der Waals surface area contributed by atoms with E-state index in [1.54, 1.807) is 25.5 Å². The van der Waals surface area contributed by atoms with Gasteiger partial charge in [-0.3, -0.25) is 4.98 Å². The van der Waals surface area contributed by atoms with Crippen LogP contribution in [0, 0.1) is 0 Å². The number of aromatic nitrogens is 2. The zero-order valence-corrected chi connectivity index (χ0v) is 16.9. The summed E-state index contributed by atoms with van der Waals surface area (Å²) in [5.41, 5.74) is 1.53. The average molecular weight is 415 g/mol. The van der Waals surface area contributed by atoms with E-state index < -0.39 is 10.0 Å². The van der Waals surface area contributed by atoms with E-state index in [4.69, 9.17) is 23.2 Å². The van der Waals surface area contributed by atoms with Crippen LogP contribution in [0.3, 0.4) is 0 Å². The van der Waals surface area contributed by atoms with Gasteiger partial charge in [0.2, 0.25) is 10.0 Å². The quantitative estimate of drug-likeness (QED) is 0.767. The molecule has 0 unspecified atom stereocenters. The summed E-state index contributed by atoms with van der Waals surface area (Å²) in [4.78, 5) is 10.9. The number of hydrogen-bond donors (Lipinski definition) is 0. The maximum absolute atomic E-state index is 11.7. The van der Waals surface area contributed by atoms with Crippen molar-refractivity contribution in [3.63, 3.8) is 0 Å². The molecule has 1 aliphatic heterocycles. The second kappa shape index (κ2) is 7.68. The molecular weight excluding hydrogens is 395 g/mol. The van der Waals surface area contributed by atoms with E-state index >= 15 is 0 Å². The lowest BCUT2D eigenvalue weighted by molar-refractivity contribution is 0.313. The molecule has 26 heavy (non-hydrogen) atoms. The zero-order valence-electron chi connectivity index (χ0n) is 14.6. The van der Waals surface area contributed by atoms with E-state index in [2.05, 4.69) is 14.9 Å². The Bertz CT molecular complexity index is 882. The van der Waals surface area contributed by atoms with E-state index in [1.807, 2.05) is 12.1 Å². The predicted molar refractivity (Wildman–Crippen MR) is 105 cm³/mol. The van der Waals surface area contributed by atoms with Crippen LogP contribution in [0.2, 0.25) is 10.0 Å². The number of piperidine rings is 1. The van der Waals surface area contributed by atoms with Crippen molar-refractivity contribution in [2.45, 2.75) is 18.9 Å². The smallest absolute Gasteiger partial charge is 0.211 e. The van der Waals surface area contributed by atoms with Crippen LogP contribution in [0.4, 0.5) is 5.82 Å². The number of hydrogen-bond acceptors (Lipinski definition) is 5. The van der Waals surface area contributed by atoms with Gasteiger partial charge in [-0.05, 0) is 31.0 Å². The molecule has 9 heteroatoms. The van der Waals surface area contributed by atoms with Gasteiger partial charge in [-0.25, -0.2) is 17.7 Å². The zero-order chi connectivity index (χ0) is 18.9. The van der Waals surface area contributed by atoms with E-state index in [-0.39, 0.29) is 6.04 Å². The van der Waals surface area contributed by atoms with E-state index in [0.717, 1.165) is 43.0 Å². The first-order chi connectivity index (χ1) is 12.3. The molecule has 0 spiro atoms. The molecule has 2 aromatic rings. The van der Waals surface area contributed by atoms with Crippen LogP contribution in [-0.4, -0.2) is 55.1 Å². The minimum Gasteiger partial charge on any atom is -0.356 e. The minimum absolute atomic E-state index is 0.0194. The van der Waals surface area contributed by atoms with Gasteiger partial charge in [0.05, 0.1) is 22.0 Å². The van der Waals surface area contributed by atoms with Crippen molar-refractivity contribution in [3.05, 3.63) is 40.6 Å². The lowest BCUT2D eigenvalue weighted by atomic mass is 10.0. The van der Waals surface area contributed by atoms with Crippen LogP contribution in [-0.2, 0) is 10.0 Å². The number of sulfonamides is 1. The molecule has 6 nitrogen and oxygen atoms in total. The number of rotatable bonds is 4. The third-order valence-electron chi connectivity index (χ3n) is 4.67. The van der Waals surface area contributed by atoms with Gasteiger partial charge in [0.25, 0.3) is 0 Å². The van der Waals surface area contributed by atoms with Crippen molar-refractivity contribution in [3.8, 4) is 11.3 Å². The van der Waals surface area contributed by atoms with Gasteiger partial charge in [0, 0.05) is 44.1 Å². The summed E-state index contributed by atoms with van der Waals surface area (Å²) in [6.07, 6.45) is 5.95. The van der Waals surface area contributed by atoms with Crippen LogP contribution in [0.25, 0.3) is 11.3 Å². The van der Waals surface area contributed by atoms with Crippen molar-refractivity contribution >= 4 is 39.0 Å². The molecule has 0 aromatic carbocycles. The molecule has 3 heterocycles. The summed E-state index contributed by atoms with van der Waals surface area (Å²) in [5.74, 6) is 0.807. The molecule has 3 rings (SSSR count). The third kappa shape index (κ3) is 4.28. The first-order valence-electron chi connectivity index (χ1n) is 8.21. The molecule has 1 aliphatic rings. The van der Waals surface area contributed by atoms with E-state index in [0.29, 0.717) is 10.0 Å². The number of halogens is 2. The second-order valence-electron chi connectivity index (χ2n) is 6.38. The standard InChI is InChI=1S/C17H20Cl2N4O2S/c1-22(26(2,24)25)13-5-7-23(8-6-13)17-9-14(15(19)11-21-17)16-4-3-12(18)10-20-16/h3-4,9-11,13H,5-8H2,1-2H3. The molecule has 0 N–H and O–H groups in total. The molecule has 0 bridgehead atoms. The highest BCUT2D eigenvalue weighted by molar-refractivity contribution is 7.88. The summed E-state index contributed by atoms with van der Waals surface area (Å²) in [6.45, 7) is 1.46. The number of pyridine rings is 2. The Morgan fingerprint density at radius 3 is 2.42 bits per heavy atom. The molecule has 0 amide bonds. The van der Waals surface area contributed by atoms with Gasteiger partial charge in [-0.15, -0.1) is 0 Å². The lowest BCUT2D eigenvalue weighted by Crippen LogP contribution is -2.45. The Balaban J connectivity index is 1.77. The monoisotopic (exact) mass is 414 g/mol. The van der Waals surface area contributed by atoms with Crippen molar-refractivity contribution in [2.24, 2.45) is 0 Å². The molecule has 0 aliphatic carbocycles. The summed E-state index contributed by atoms with van der Waals surface area (Å²) < 4.78 is 24.9. The van der Waals surface area contributed by atoms with Crippen molar-refractivity contribution in [1.82, 2.24) is 14.3 Å². The largest absolute Gasteiger partial charge is 0.356 e.